The summed E-state index contributed by atoms with van der Waals surface area (Å²) in [5.74, 6) is 1.21. The van der Waals surface area contributed by atoms with Crippen LogP contribution in [0.1, 0.15) is 17.5 Å². The zero-order chi connectivity index (χ0) is 18.9. The first kappa shape index (κ1) is 19.2. The van der Waals surface area contributed by atoms with E-state index in [1.807, 2.05) is 47.3 Å². The molecular weight excluding hydrogens is 361 g/mol. The minimum Gasteiger partial charge on any atom is -0.355 e. The summed E-state index contributed by atoms with van der Waals surface area (Å²) in [6.45, 7) is 0.585. The maximum absolute atomic E-state index is 13.5. The van der Waals surface area contributed by atoms with Crippen molar-refractivity contribution in [2.24, 2.45) is 0 Å². The Kier molecular flexibility index (Phi) is 7.04. The van der Waals surface area contributed by atoms with Gasteiger partial charge in [-0.2, -0.15) is 16.9 Å². The highest BCUT2D eigenvalue weighted by atomic mass is 32.2. The van der Waals surface area contributed by atoms with E-state index in [1.165, 1.54) is 6.07 Å². The minimum absolute atomic E-state index is 0.0222. The van der Waals surface area contributed by atoms with E-state index in [-0.39, 0.29) is 11.7 Å². The Labute approximate surface area is 162 Å². The van der Waals surface area contributed by atoms with E-state index in [0.29, 0.717) is 30.7 Å². The van der Waals surface area contributed by atoms with Gasteiger partial charge < -0.3 is 5.32 Å². The average Bonchev–Trinajstić information content (AvgIpc) is 3.17. The number of nitrogens with zero attached hydrogens (tertiary/aromatic N) is 2. The molecule has 0 spiro atoms. The van der Waals surface area contributed by atoms with E-state index in [0.717, 1.165) is 17.0 Å². The van der Waals surface area contributed by atoms with Gasteiger partial charge in [0.1, 0.15) is 5.82 Å². The zero-order valence-corrected chi connectivity index (χ0v) is 15.8. The number of halogens is 1. The maximum atomic E-state index is 13.5. The Morgan fingerprint density at radius 2 is 1.89 bits per heavy atom. The van der Waals surface area contributed by atoms with Crippen LogP contribution in [-0.2, 0) is 17.0 Å². The number of carbonyl (C=O) groups excluding carboxylic acids is 1. The fourth-order valence-corrected chi connectivity index (χ4v) is 3.46. The Balaban J connectivity index is 1.33. The van der Waals surface area contributed by atoms with Gasteiger partial charge in [-0.05, 0) is 35.7 Å². The summed E-state index contributed by atoms with van der Waals surface area (Å²) in [6, 6.07) is 16.7. The van der Waals surface area contributed by atoms with Crippen molar-refractivity contribution in [2.45, 2.75) is 18.6 Å². The number of hydrogen-bond donors (Lipinski definition) is 1. The van der Waals surface area contributed by atoms with E-state index in [1.54, 1.807) is 30.1 Å². The van der Waals surface area contributed by atoms with Crippen LogP contribution in [-0.4, -0.2) is 28.0 Å². The topological polar surface area (TPSA) is 46.9 Å². The molecule has 6 heteroatoms. The predicted molar refractivity (Wildman–Crippen MR) is 107 cm³/mol. The minimum atomic E-state index is -0.176. The fourth-order valence-electron chi connectivity index (χ4n) is 2.62. The molecule has 3 aromatic rings. The number of nitrogens with one attached hydrogen (secondary N) is 1. The number of aryl methyl sites for hydroxylation is 1. The van der Waals surface area contributed by atoms with Crippen LogP contribution in [0.5, 0.6) is 0 Å². The predicted octanol–water partition coefficient (Wildman–Crippen LogP) is 3.99. The highest BCUT2D eigenvalue weighted by Gasteiger charge is 2.05. The third-order valence-corrected chi connectivity index (χ3v) is 5.09. The largest absolute Gasteiger partial charge is 0.355 e. The second-order valence-electron chi connectivity index (χ2n) is 6.12. The molecule has 27 heavy (non-hydrogen) atoms. The normalized spacial score (nSPS) is 10.7. The van der Waals surface area contributed by atoms with Gasteiger partial charge in [-0.1, -0.05) is 36.4 Å². The lowest BCUT2D eigenvalue weighted by atomic mass is 10.2. The van der Waals surface area contributed by atoms with Crippen LogP contribution in [0.3, 0.4) is 0 Å². The standard InChI is InChI=1S/C21H22FN3OS/c22-20-9-5-4-6-18(20)16-27-13-12-23-21(26)11-10-17-14-24-25(15-17)19-7-2-1-3-8-19/h1-9,14-15H,10-13,16H2,(H,23,26). The van der Waals surface area contributed by atoms with Crippen molar-refractivity contribution in [1.82, 2.24) is 15.1 Å². The van der Waals surface area contributed by atoms with Crippen LogP contribution in [0, 0.1) is 5.82 Å². The van der Waals surface area contributed by atoms with Crippen LogP contribution in [0.15, 0.2) is 67.0 Å². The molecule has 1 N–H and O–H groups in total. The smallest absolute Gasteiger partial charge is 0.220 e. The molecule has 0 bridgehead atoms. The van der Waals surface area contributed by atoms with Gasteiger partial charge in [-0.15, -0.1) is 0 Å². The molecule has 4 nitrogen and oxygen atoms in total. The Hall–Kier alpha value is -2.60. The number of para-hydroxylation sites is 1. The molecule has 1 heterocycles. The third-order valence-electron chi connectivity index (χ3n) is 4.08. The first-order valence-corrected chi connectivity index (χ1v) is 10.0. The van der Waals surface area contributed by atoms with Crippen LogP contribution in [0.2, 0.25) is 0 Å². The highest BCUT2D eigenvalue weighted by Crippen LogP contribution is 2.14. The molecule has 0 aliphatic carbocycles. The molecule has 3 rings (SSSR count). The summed E-state index contributed by atoms with van der Waals surface area (Å²) in [5, 5.41) is 7.25. The lowest BCUT2D eigenvalue weighted by Gasteiger charge is -2.05. The SMILES string of the molecule is O=C(CCc1cnn(-c2ccccc2)c1)NCCSCc1ccccc1F. The van der Waals surface area contributed by atoms with Crippen molar-refractivity contribution in [3.05, 3.63) is 83.9 Å². The van der Waals surface area contributed by atoms with Crippen molar-refractivity contribution >= 4 is 17.7 Å². The van der Waals surface area contributed by atoms with Gasteiger partial charge in [0.05, 0.1) is 11.9 Å². The summed E-state index contributed by atoms with van der Waals surface area (Å²) >= 11 is 1.61. The van der Waals surface area contributed by atoms with Crippen LogP contribution >= 0.6 is 11.8 Å². The van der Waals surface area contributed by atoms with Crippen LogP contribution < -0.4 is 5.32 Å². The second kappa shape index (κ2) is 9.92. The van der Waals surface area contributed by atoms with E-state index < -0.39 is 0 Å². The van der Waals surface area contributed by atoms with Crippen molar-refractivity contribution < 1.29 is 9.18 Å². The number of thioether (sulfide) groups is 1. The molecule has 0 atom stereocenters. The number of rotatable bonds is 9. The van der Waals surface area contributed by atoms with E-state index in [9.17, 15) is 9.18 Å². The zero-order valence-electron chi connectivity index (χ0n) is 15.0. The number of amides is 1. The van der Waals surface area contributed by atoms with E-state index >= 15 is 0 Å². The van der Waals surface area contributed by atoms with Crippen molar-refractivity contribution in [3.63, 3.8) is 0 Å². The molecule has 1 amide bonds. The molecule has 0 aliphatic heterocycles. The Bertz CT molecular complexity index is 867. The highest BCUT2D eigenvalue weighted by molar-refractivity contribution is 7.98. The molecule has 0 unspecified atom stereocenters. The Morgan fingerprint density at radius 3 is 2.70 bits per heavy atom. The molecule has 0 saturated carbocycles. The van der Waals surface area contributed by atoms with Gasteiger partial charge in [-0.3, -0.25) is 4.79 Å². The van der Waals surface area contributed by atoms with E-state index in [2.05, 4.69) is 10.4 Å². The van der Waals surface area contributed by atoms with Crippen LogP contribution in [0.25, 0.3) is 5.69 Å². The van der Waals surface area contributed by atoms with Gasteiger partial charge in [0.2, 0.25) is 5.91 Å². The Morgan fingerprint density at radius 1 is 1.11 bits per heavy atom. The molecule has 0 aliphatic rings. The first-order chi connectivity index (χ1) is 13.2. The summed E-state index contributed by atoms with van der Waals surface area (Å²) in [4.78, 5) is 12.0. The van der Waals surface area contributed by atoms with Gasteiger partial charge in [0.15, 0.2) is 0 Å². The lowest BCUT2D eigenvalue weighted by Crippen LogP contribution is -2.25. The summed E-state index contributed by atoms with van der Waals surface area (Å²) in [6.07, 6.45) is 4.83. The molecule has 0 radical (unpaired) electrons. The average molecular weight is 383 g/mol. The van der Waals surface area contributed by atoms with Crippen molar-refractivity contribution in [1.29, 1.82) is 0 Å². The van der Waals surface area contributed by atoms with Gasteiger partial charge >= 0.3 is 0 Å². The van der Waals surface area contributed by atoms with Crippen molar-refractivity contribution in [2.75, 3.05) is 12.3 Å². The van der Waals surface area contributed by atoms with Gasteiger partial charge in [0, 0.05) is 30.7 Å². The maximum Gasteiger partial charge on any atom is 0.220 e. The van der Waals surface area contributed by atoms with Crippen LogP contribution in [0.4, 0.5) is 4.39 Å². The molecule has 140 valence electrons. The lowest BCUT2D eigenvalue weighted by molar-refractivity contribution is -0.120. The molecule has 0 fully saturated rings. The van der Waals surface area contributed by atoms with Crippen molar-refractivity contribution in [3.8, 4) is 5.69 Å². The fraction of sp³-hybridized carbons (Fsp3) is 0.238. The van der Waals surface area contributed by atoms with Gasteiger partial charge in [-0.25, -0.2) is 9.07 Å². The molecule has 1 aromatic heterocycles. The summed E-state index contributed by atoms with van der Waals surface area (Å²) in [5.41, 5.74) is 2.73. The number of aromatic nitrogens is 2. The second-order valence-corrected chi connectivity index (χ2v) is 7.23. The monoisotopic (exact) mass is 383 g/mol. The molecule has 0 saturated heterocycles. The number of benzene rings is 2. The quantitative estimate of drug-likeness (QED) is 0.568. The number of hydrogen-bond acceptors (Lipinski definition) is 3. The summed E-state index contributed by atoms with van der Waals surface area (Å²) in [7, 11) is 0. The third kappa shape index (κ3) is 5.96. The molecule has 2 aromatic carbocycles. The number of carbonyl (C=O) groups is 1. The van der Waals surface area contributed by atoms with Gasteiger partial charge in [0.25, 0.3) is 0 Å². The molecular formula is C21H22FN3OS. The first-order valence-electron chi connectivity index (χ1n) is 8.89. The van der Waals surface area contributed by atoms with E-state index in [4.69, 9.17) is 0 Å². The summed E-state index contributed by atoms with van der Waals surface area (Å²) < 4.78 is 15.3.